The van der Waals surface area contributed by atoms with Crippen molar-refractivity contribution in [3.05, 3.63) is 71.4 Å². The predicted octanol–water partition coefficient (Wildman–Crippen LogP) is 3.94. The van der Waals surface area contributed by atoms with E-state index in [9.17, 15) is 4.79 Å². The van der Waals surface area contributed by atoms with Gasteiger partial charge < -0.3 is 4.90 Å². The van der Waals surface area contributed by atoms with Crippen LogP contribution in [0.3, 0.4) is 0 Å². The average molecular weight is 289 g/mol. The molecule has 0 saturated carbocycles. The molecule has 0 aromatic heterocycles. The van der Waals surface area contributed by atoms with Crippen molar-refractivity contribution < 1.29 is 4.79 Å². The molecule has 0 bridgehead atoms. The van der Waals surface area contributed by atoms with Crippen LogP contribution in [0, 0.1) is 0 Å². The van der Waals surface area contributed by atoms with E-state index in [1.807, 2.05) is 11.1 Å². The Hall–Kier alpha value is -2.35. The van der Waals surface area contributed by atoms with Gasteiger partial charge in [-0.25, -0.2) is 0 Å². The molecule has 0 atom stereocenters. The summed E-state index contributed by atoms with van der Waals surface area (Å²) in [6.45, 7) is 0.869. The van der Waals surface area contributed by atoms with Crippen molar-refractivity contribution in [1.82, 2.24) is 4.90 Å². The number of amides is 1. The largest absolute Gasteiger partial charge is 0.319 e. The van der Waals surface area contributed by atoms with Crippen molar-refractivity contribution in [2.24, 2.45) is 0 Å². The van der Waals surface area contributed by atoms with Gasteiger partial charge in [0.1, 0.15) is 0 Å². The van der Waals surface area contributed by atoms with E-state index in [1.165, 1.54) is 27.8 Å². The second-order valence-corrected chi connectivity index (χ2v) is 6.06. The normalized spacial score (nSPS) is 16.4. The molecule has 1 aliphatic heterocycles. The van der Waals surface area contributed by atoms with Gasteiger partial charge in [0.15, 0.2) is 0 Å². The summed E-state index contributed by atoms with van der Waals surface area (Å²) in [7, 11) is 0. The monoisotopic (exact) mass is 289 g/mol. The third-order valence-corrected chi connectivity index (χ3v) is 4.68. The maximum Gasteiger partial charge on any atom is 0.226 e. The molecule has 110 valence electrons. The zero-order valence-electron chi connectivity index (χ0n) is 12.6. The van der Waals surface area contributed by atoms with E-state index in [1.54, 1.807) is 0 Å². The first-order chi connectivity index (χ1) is 10.8. The third kappa shape index (κ3) is 2.25. The Labute approximate surface area is 131 Å². The van der Waals surface area contributed by atoms with Gasteiger partial charge in [-0.05, 0) is 47.1 Å². The SMILES string of the molecule is O=C1CCCN1C=CCc1cccc2c1Cc1ccccc1-2. The fourth-order valence-corrected chi connectivity index (χ4v) is 3.55. The van der Waals surface area contributed by atoms with Crippen LogP contribution in [0.2, 0.25) is 0 Å². The van der Waals surface area contributed by atoms with Crippen LogP contribution in [0.5, 0.6) is 0 Å². The van der Waals surface area contributed by atoms with Crippen LogP contribution >= 0.6 is 0 Å². The van der Waals surface area contributed by atoms with Crippen LogP contribution < -0.4 is 0 Å². The van der Waals surface area contributed by atoms with Crippen molar-refractivity contribution >= 4 is 5.91 Å². The Morgan fingerprint density at radius 3 is 2.77 bits per heavy atom. The van der Waals surface area contributed by atoms with Crippen LogP contribution in [0.25, 0.3) is 11.1 Å². The summed E-state index contributed by atoms with van der Waals surface area (Å²) >= 11 is 0. The fraction of sp³-hybridized carbons (Fsp3) is 0.250. The van der Waals surface area contributed by atoms with Gasteiger partial charge in [-0.3, -0.25) is 4.79 Å². The summed E-state index contributed by atoms with van der Waals surface area (Å²) in [5, 5.41) is 0. The second kappa shape index (κ2) is 5.45. The lowest BCUT2D eigenvalue weighted by atomic mass is 9.99. The molecule has 1 amide bonds. The summed E-state index contributed by atoms with van der Waals surface area (Å²) < 4.78 is 0. The smallest absolute Gasteiger partial charge is 0.226 e. The molecule has 2 nitrogen and oxygen atoms in total. The number of nitrogens with zero attached hydrogens (tertiary/aromatic N) is 1. The Morgan fingerprint density at radius 2 is 1.91 bits per heavy atom. The van der Waals surface area contributed by atoms with Gasteiger partial charge in [0.2, 0.25) is 5.91 Å². The van der Waals surface area contributed by atoms with Gasteiger partial charge in [-0.15, -0.1) is 0 Å². The van der Waals surface area contributed by atoms with Crippen LogP contribution in [-0.4, -0.2) is 17.4 Å². The van der Waals surface area contributed by atoms with Crippen molar-refractivity contribution in [1.29, 1.82) is 0 Å². The molecule has 2 aromatic rings. The highest BCUT2D eigenvalue weighted by atomic mass is 16.2. The number of likely N-dealkylation sites (tertiary alicyclic amines) is 1. The van der Waals surface area contributed by atoms with Gasteiger partial charge in [0.25, 0.3) is 0 Å². The number of hydrogen-bond donors (Lipinski definition) is 0. The molecule has 22 heavy (non-hydrogen) atoms. The minimum atomic E-state index is 0.252. The lowest BCUT2D eigenvalue weighted by Crippen LogP contribution is -2.17. The van der Waals surface area contributed by atoms with Crippen molar-refractivity contribution in [2.45, 2.75) is 25.7 Å². The molecule has 1 saturated heterocycles. The predicted molar refractivity (Wildman–Crippen MR) is 88.5 cm³/mol. The minimum Gasteiger partial charge on any atom is -0.319 e. The summed E-state index contributed by atoms with van der Waals surface area (Å²) in [5.74, 6) is 0.252. The molecule has 1 heterocycles. The Morgan fingerprint density at radius 1 is 1.05 bits per heavy atom. The lowest BCUT2D eigenvalue weighted by molar-refractivity contribution is -0.125. The van der Waals surface area contributed by atoms with Gasteiger partial charge in [0, 0.05) is 19.2 Å². The Bertz CT molecular complexity index is 760. The molecule has 2 aromatic carbocycles. The molecule has 0 N–H and O–H groups in total. The van der Waals surface area contributed by atoms with Crippen LogP contribution in [0.4, 0.5) is 0 Å². The number of carbonyl (C=O) groups excluding carboxylic acids is 1. The molecule has 4 rings (SSSR count). The third-order valence-electron chi connectivity index (χ3n) is 4.68. The molecule has 1 fully saturated rings. The maximum atomic E-state index is 11.6. The topological polar surface area (TPSA) is 20.3 Å². The van der Waals surface area contributed by atoms with E-state index in [0.29, 0.717) is 6.42 Å². The molecular formula is C20H19NO. The summed E-state index contributed by atoms with van der Waals surface area (Å²) in [5.41, 5.74) is 6.98. The second-order valence-electron chi connectivity index (χ2n) is 6.06. The van der Waals surface area contributed by atoms with E-state index >= 15 is 0 Å². The number of allylic oxidation sites excluding steroid dienone is 1. The van der Waals surface area contributed by atoms with Gasteiger partial charge in [-0.2, -0.15) is 0 Å². The average Bonchev–Trinajstić information content (AvgIpc) is 3.12. The number of carbonyl (C=O) groups is 1. The van der Waals surface area contributed by atoms with Gasteiger partial charge >= 0.3 is 0 Å². The van der Waals surface area contributed by atoms with Crippen LogP contribution in [0.1, 0.15) is 29.5 Å². The molecule has 0 spiro atoms. The maximum absolute atomic E-state index is 11.6. The highest BCUT2D eigenvalue weighted by Crippen LogP contribution is 2.38. The highest BCUT2D eigenvalue weighted by Gasteiger charge is 2.20. The van der Waals surface area contributed by atoms with E-state index in [0.717, 1.165) is 25.8 Å². The minimum absolute atomic E-state index is 0.252. The first kappa shape index (κ1) is 13.3. The summed E-state index contributed by atoms with van der Waals surface area (Å²) in [6, 6.07) is 15.2. The number of hydrogen-bond acceptors (Lipinski definition) is 1. The first-order valence-electron chi connectivity index (χ1n) is 7.98. The van der Waals surface area contributed by atoms with Crippen molar-refractivity contribution in [3.8, 4) is 11.1 Å². The molecule has 1 aliphatic carbocycles. The standard InChI is InChI=1S/C20H19NO/c22-20-11-5-13-21(20)12-4-8-15-7-3-10-18-17-9-2-1-6-16(17)14-19(15)18/h1-4,6-7,9-10,12H,5,8,11,13-14H2. The highest BCUT2D eigenvalue weighted by molar-refractivity contribution is 5.79. The lowest BCUT2D eigenvalue weighted by Gasteiger charge is -2.09. The van der Waals surface area contributed by atoms with Crippen molar-refractivity contribution in [2.75, 3.05) is 6.54 Å². The van der Waals surface area contributed by atoms with E-state index in [2.05, 4.69) is 48.5 Å². The number of benzene rings is 2. The molecular weight excluding hydrogens is 270 g/mol. The molecule has 0 radical (unpaired) electrons. The van der Waals surface area contributed by atoms with Gasteiger partial charge in [-0.1, -0.05) is 48.5 Å². The van der Waals surface area contributed by atoms with Crippen LogP contribution in [0.15, 0.2) is 54.7 Å². The molecule has 0 unspecified atom stereocenters. The number of rotatable bonds is 3. The Balaban J connectivity index is 1.57. The van der Waals surface area contributed by atoms with Crippen LogP contribution in [-0.2, 0) is 17.6 Å². The van der Waals surface area contributed by atoms with E-state index in [4.69, 9.17) is 0 Å². The van der Waals surface area contributed by atoms with E-state index < -0.39 is 0 Å². The zero-order valence-corrected chi connectivity index (χ0v) is 12.6. The quantitative estimate of drug-likeness (QED) is 0.715. The zero-order chi connectivity index (χ0) is 14.9. The molecule has 2 aliphatic rings. The summed E-state index contributed by atoms with van der Waals surface area (Å²) in [6.07, 6.45) is 7.69. The van der Waals surface area contributed by atoms with Crippen molar-refractivity contribution in [3.63, 3.8) is 0 Å². The van der Waals surface area contributed by atoms with E-state index in [-0.39, 0.29) is 5.91 Å². The number of fused-ring (bicyclic) bond motifs is 3. The fourth-order valence-electron chi connectivity index (χ4n) is 3.55. The Kier molecular flexibility index (Phi) is 3.30. The van der Waals surface area contributed by atoms with Gasteiger partial charge in [0.05, 0.1) is 0 Å². The first-order valence-corrected chi connectivity index (χ1v) is 7.98. The molecule has 2 heteroatoms. The summed E-state index contributed by atoms with van der Waals surface area (Å²) in [4.78, 5) is 13.5.